The number of aromatic nitrogens is 2. The summed E-state index contributed by atoms with van der Waals surface area (Å²) in [7, 11) is 0. The van der Waals surface area contributed by atoms with E-state index in [1.54, 1.807) is 18.7 Å². The first-order valence-electron chi connectivity index (χ1n) is 5.75. The maximum absolute atomic E-state index is 11.3. The lowest BCUT2D eigenvalue weighted by atomic mass is 10.0. The van der Waals surface area contributed by atoms with Crippen molar-refractivity contribution in [2.24, 2.45) is 0 Å². The average Bonchev–Trinajstić information content (AvgIpc) is 2.29. The molecule has 0 saturated heterocycles. The molecule has 0 spiro atoms. The number of anilines is 1. The van der Waals surface area contributed by atoms with Gasteiger partial charge in [0.15, 0.2) is 0 Å². The third-order valence-corrected chi connectivity index (χ3v) is 2.86. The zero-order valence-electron chi connectivity index (χ0n) is 10.8. The van der Waals surface area contributed by atoms with Gasteiger partial charge in [-0.25, -0.2) is 14.8 Å². The molecule has 0 aliphatic heterocycles. The van der Waals surface area contributed by atoms with Crippen molar-refractivity contribution in [3.05, 3.63) is 18.1 Å². The van der Waals surface area contributed by atoms with Crippen LogP contribution in [0.15, 0.2) is 12.4 Å². The molecule has 94 valence electrons. The first-order chi connectivity index (χ1) is 7.93. The van der Waals surface area contributed by atoms with E-state index >= 15 is 0 Å². The van der Waals surface area contributed by atoms with Crippen LogP contribution in [-0.2, 0) is 11.2 Å². The van der Waals surface area contributed by atoms with Crippen LogP contribution >= 0.6 is 0 Å². The van der Waals surface area contributed by atoms with Crippen molar-refractivity contribution in [2.45, 2.75) is 39.7 Å². The van der Waals surface area contributed by atoms with Gasteiger partial charge >= 0.3 is 5.97 Å². The molecule has 0 aliphatic carbocycles. The van der Waals surface area contributed by atoms with Crippen molar-refractivity contribution in [1.29, 1.82) is 0 Å². The van der Waals surface area contributed by atoms with Crippen molar-refractivity contribution in [3.8, 4) is 0 Å². The van der Waals surface area contributed by atoms with Crippen LogP contribution in [0.25, 0.3) is 0 Å². The second kappa shape index (κ2) is 5.12. The van der Waals surface area contributed by atoms with Crippen molar-refractivity contribution in [3.63, 3.8) is 0 Å². The molecule has 0 unspecified atom stereocenters. The third kappa shape index (κ3) is 2.72. The zero-order valence-corrected chi connectivity index (χ0v) is 10.8. The lowest BCUT2D eigenvalue weighted by molar-refractivity contribution is -0.142. The summed E-state index contributed by atoms with van der Waals surface area (Å²) in [6.45, 7) is 7.85. The summed E-state index contributed by atoms with van der Waals surface area (Å²) in [5.74, 6) is -0.206. The molecule has 1 aromatic rings. The average molecular weight is 237 g/mol. The molecular weight excluding hydrogens is 218 g/mol. The van der Waals surface area contributed by atoms with Crippen LogP contribution in [0, 0.1) is 0 Å². The topological polar surface area (TPSA) is 66.3 Å². The molecule has 0 fully saturated rings. The fourth-order valence-electron chi connectivity index (χ4n) is 1.69. The smallest absolute Gasteiger partial charge is 0.328 e. The summed E-state index contributed by atoms with van der Waals surface area (Å²) in [5.41, 5.74) is -0.0664. The number of rotatable bonds is 5. The van der Waals surface area contributed by atoms with E-state index in [0.29, 0.717) is 12.4 Å². The van der Waals surface area contributed by atoms with Crippen LogP contribution in [-0.4, -0.2) is 33.1 Å². The summed E-state index contributed by atoms with van der Waals surface area (Å²) in [6, 6.07) is 1.84. The van der Waals surface area contributed by atoms with Crippen molar-refractivity contribution in [1.82, 2.24) is 9.97 Å². The predicted octanol–water partition coefficient (Wildman–Crippen LogP) is 1.73. The quantitative estimate of drug-likeness (QED) is 0.844. The van der Waals surface area contributed by atoms with E-state index in [9.17, 15) is 9.90 Å². The van der Waals surface area contributed by atoms with Gasteiger partial charge in [0.1, 0.15) is 17.7 Å². The highest BCUT2D eigenvalue weighted by Crippen LogP contribution is 2.22. The minimum absolute atomic E-state index is 0.583. The van der Waals surface area contributed by atoms with Gasteiger partial charge in [0.05, 0.1) is 0 Å². The molecule has 0 amide bonds. The molecule has 0 atom stereocenters. The van der Waals surface area contributed by atoms with Crippen LogP contribution in [0.5, 0.6) is 0 Å². The minimum Gasteiger partial charge on any atom is -0.480 e. The number of carboxylic acid groups (broad SMARTS) is 1. The van der Waals surface area contributed by atoms with Gasteiger partial charge in [-0.1, -0.05) is 6.92 Å². The third-order valence-electron chi connectivity index (χ3n) is 2.86. The Hall–Kier alpha value is -1.65. The van der Waals surface area contributed by atoms with Crippen LogP contribution in [0.4, 0.5) is 5.82 Å². The first kappa shape index (κ1) is 13.4. The van der Waals surface area contributed by atoms with E-state index in [1.807, 2.05) is 19.9 Å². The van der Waals surface area contributed by atoms with Gasteiger partial charge in [0.2, 0.25) is 0 Å². The highest BCUT2D eigenvalue weighted by molar-refractivity contribution is 5.82. The maximum Gasteiger partial charge on any atom is 0.328 e. The maximum atomic E-state index is 11.3. The summed E-state index contributed by atoms with van der Waals surface area (Å²) in [6.07, 6.45) is 2.29. The van der Waals surface area contributed by atoms with Gasteiger partial charge in [0, 0.05) is 18.3 Å². The monoisotopic (exact) mass is 237 g/mol. The molecule has 0 radical (unpaired) electrons. The van der Waals surface area contributed by atoms with Crippen LogP contribution in [0.3, 0.4) is 0 Å². The van der Waals surface area contributed by atoms with E-state index in [4.69, 9.17) is 0 Å². The summed E-state index contributed by atoms with van der Waals surface area (Å²) >= 11 is 0. The number of hydrogen-bond donors (Lipinski definition) is 1. The number of aliphatic carboxylic acids is 1. The van der Waals surface area contributed by atoms with Gasteiger partial charge in [0.25, 0.3) is 0 Å². The molecule has 5 heteroatoms. The minimum atomic E-state index is -0.978. The standard InChI is InChI=1S/C12H19N3O2/c1-5-9-7-10(14-8-13-9)15(6-2)12(3,4)11(16)17/h7-8H,5-6H2,1-4H3,(H,16,17). The van der Waals surface area contributed by atoms with Crippen molar-refractivity contribution >= 4 is 11.8 Å². The largest absolute Gasteiger partial charge is 0.480 e. The van der Waals surface area contributed by atoms with E-state index in [1.165, 1.54) is 6.33 Å². The van der Waals surface area contributed by atoms with Gasteiger partial charge in [-0.3, -0.25) is 0 Å². The lowest BCUT2D eigenvalue weighted by Gasteiger charge is -2.35. The van der Waals surface area contributed by atoms with Crippen molar-refractivity contribution in [2.75, 3.05) is 11.4 Å². The fraction of sp³-hybridized carbons (Fsp3) is 0.583. The molecule has 0 aliphatic rings. The Labute approximate surface area is 102 Å². The SMILES string of the molecule is CCc1cc(N(CC)C(C)(C)C(=O)O)ncn1. The Bertz CT molecular complexity index is 404. The Kier molecular flexibility index (Phi) is 4.04. The zero-order chi connectivity index (χ0) is 13.1. The number of aryl methyl sites for hydroxylation is 1. The molecule has 1 heterocycles. The molecule has 1 N–H and O–H groups in total. The second-order valence-corrected chi connectivity index (χ2v) is 4.33. The normalized spacial score (nSPS) is 11.3. The number of nitrogens with zero attached hydrogens (tertiary/aromatic N) is 3. The van der Waals surface area contributed by atoms with Gasteiger partial charge in [-0.15, -0.1) is 0 Å². The van der Waals surface area contributed by atoms with Crippen molar-refractivity contribution < 1.29 is 9.90 Å². The summed E-state index contributed by atoms with van der Waals surface area (Å²) in [4.78, 5) is 21.3. The van der Waals surface area contributed by atoms with Crippen LogP contribution in [0.2, 0.25) is 0 Å². The highest BCUT2D eigenvalue weighted by Gasteiger charge is 2.34. The van der Waals surface area contributed by atoms with E-state index in [-0.39, 0.29) is 0 Å². The Morgan fingerprint density at radius 1 is 1.41 bits per heavy atom. The van der Waals surface area contributed by atoms with E-state index < -0.39 is 11.5 Å². The fourth-order valence-corrected chi connectivity index (χ4v) is 1.69. The Morgan fingerprint density at radius 2 is 2.06 bits per heavy atom. The number of carbonyl (C=O) groups is 1. The Balaban J connectivity index is 3.13. The van der Waals surface area contributed by atoms with E-state index in [0.717, 1.165) is 12.1 Å². The molecule has 0 saturated carbocycles. The molecular formula is C12H19N3O2. The summed E-state index contributed by atoms with van der Waals surface area (Å²) < 4.78 is 0. The van der Waals surface area contributed by atoms with Crippen LogP contribution in [0.1, 0.15) is 33.4 Å². The molecule has 0 bridgehead atoms. The first-order valence-corrected chi connectivity index (χ1v) is 5.75. The summed E-state index contributed by atoms with van der Waals surface area (Å²) in [5, 5.41) is 9.25. The number of carboxylic acids is 1. The molecule has 1 rings (SSSR count). The second-order valence-electron chi connectivity index (χ2n) is 4.33. The lowest BCUT2D eigenvalue weighted by Crippen LogP contribution is -2.50. The van der Waals surface area contributed by atoms with Gasteiger partial charge < -0.3 is 10.0 Å². The molecule has 5 nitrogen and oxygen atoms in total. The predicted molar refractivity (Wildman–Crippen MR) is 66.1 cm³/mol. The molecule has 17 heavy (non-hydrogen) atoms. The van der Waals surface area contributed by atoms with Crippen LogP contribution < -0.4 is 4.90 Å². The highest BCUT2D eigenvalue weighted by atomic mass is 16.4. The molecule has 0 aromatic carbocycles. The Morgan fingerprint density at radius 3 is 2.53 bits per heavy atom. The van der Waals surface area contributed by atoms with E-state index in [2.05, 4.69) is 9.97 Å². The number of hydrogen-bond acceptors (Lipinski definition) is 4. The van der Waals surface area contributed by atoms with Gasteiger partial charge in [-0.2, -0.15) is 0 Å². The number of likely N-dealkylation sites (N-methyl/N-ethyl adjacent to an activating group) is 1. The van der Waals surface area contributed by atoms with Gasteiger partial charge in [-0.05, 0) is 27.2 Å². The molecule has 1 aromatic heterocycles.